The summed E-state index contributed by atoms with van der Waals surface area (Å²) < 4.78 is 5.46. The molecule has 1 spiro atoms. The highest BCUT2D eigenvalue weighted by molar-refractivity contribution is 5.79. The summed E-state index contributed by atoms with van der Waals surface area (Å²) in [6.07, 6.45) is 8.72. The van der Waals surface area contributed by atoms with Crippen molar-refractivity contribution in [3.8, 4) is 0 Å². The van der Waals surface area contributed by atoms with Crippen LogP contribution in [0, 0.1) is 0 Å². The van der Waals surface area contributed by atoms with Crippen LogP contribution in [0.15, 0.2) is 30.3 Å². The van der Waals surface area contributed by atoms with Gasteiger partial charge >= 0.3 is 0 Å². The molecule has 3 aliphatic rings. The van der Waals surface area contributed by atoms with E-state index in [0.29, 0.717) is 18.0 Å². The maximum absolute atomic E-state index is 12.5. The van der Waals surface area contributed by atoms with Crippen LogP contribution in [-0.2, 0) is 16.1 Å². The number of ether oxygens (including phenoxy) is 1. The minimum atomic E-state index is 0.112. The highest BCUT2D eigenvalue weighted by atomic mass is 16.5. The molecular weight excluding hydrogens is 312 g/mol. The molecule has 0 radical (unpaired) electrons. The summed E-state index contributed by atoms with van der Waals surface area (Å²) in [7, 11) is 0. The predicted molar refractivity (Wildman–Crippen MR) is 98.2 cm³/mol. The fourth-order valence-corrected chi connectivity index (χ4v) is 4.94. The Kier molecular flexibility index (Phi) is 5.09. The Morgan fingerprint density at radius 2 is 1.68 bits per heavy atom. The van der Waals surface area contributed by atoms with E-state index in [-0.39, 0.29) is 5.54 Å². The van der Waals surface area contributed by atoms with Gasteiger partial charge in [0.05, 0.1) is 0 Å². The molecule has 1 N–H and O–H groups in total. The number of nitrogens with zero attached hydrogens (tertiary/aromatic N) is 1. The van der Waals surface area contributed by atoms with Gasteiger partial charge in [0.2, 0.25) is 5.91 Å². The summed E-state index contributed by atoms with van der Waals surface area (Å²) in [5, 5.41) is 3.86. The number of benzene rings is 1. The average Bonchev–Trinajstić information content (AvgIpc) is 2.95. The Labute approximate surface area is 150 Å². The van der Waals surface area contributed by atoms with Crippen LogP contribution in [0.2, 0.25) is 0 Å². The summed E-state index contributed by atoms with van der Waals surface area (Å²) in [6.45, 7) is 2.57. The van der Waals surface area contributed by atoms with Crippen LogP contribution in [0.5, 0.6) is 0 Å². The zero-order chi connectivity index (χ0) is 17.1. The molecule has 1 aromatic carbocycles. The van der Waals surface area contributed by atoms with Gasteiger partial charge in [0.1, 0.15) is 0 Å². The summed E-state index contributed by atoms with van der Waals surface area (Å²) in [5.41, 5.74) is 1.36. The lowest BCUT2D eigenvalue weighted by atomic mass is 9.77. The van der Waals surface area contributed by atoms with Crippen molar-refractivity contribution in [1.82, 2.24) is 10.2 Å². The smallest absolute Gasteiger partial charge is 0.223 e. The van der Waals surface area contributed by atoms with Gasteiger partial charge in [0.25, 0.3) is 0 Å². The number of hydrogen-bond donors (Lipinski definition) is 1. The molecule has 1 amide bonds. The lowest BCUT2D eigenvalue weighted by Gasteiger charge is -2.45. The third kappa shape index (κ3) is 3.75. The Bertz CT molecular complexity index is 575. The molecule has 2 heterocycles. The highest BCUT2D eigenvalue weighted by Crippen LogP contribution is 2.43. The molecule has 136 valence electrons. The van der Waals surface area contributed by atoms with Crippen molar-refractivity contribution in [3.63, 3.8) is 0 Å². The van der Waals surface area contributed by atoms with E-state index in [1.807, 2.05) is 6.07 Å². The molecule has 4 rings (SSSR count). The number of nitrogens with one attached hydrogen (secondary N) is 1. The van der Waals surface area contributed by atoms with E-state index in [4.69, 9.17) is 4.74 Å². The third-order valence-corrected chi connectivity index (χ3v) is 6.47. The molecule has 3 fully saturated rings. The Morgan fingerprint density at radius 3 is 2.40 bits per heavy atom. The molecule has 2 saturated heterocycles. The second kappa shape index (κ2) is 7.46. The molecule has 4 nitrogen and oxygen atoms in total. The maximum atomic E-state index is 12.5. The number of likely N-dealkylation sites (tertiary alicyclic amines) is 1. The maximum Gasteiger partial charge on any atom is 0.223 e. The second-order valence-electron chi connectivity index (χ2n) is 8.02. The minimum Gasteiger partial charge on any atom is -0.381 e. The lowest BCUT2D eigenvalue weighted by molar-refractivity contribution is -0.133. The first-order valence-corrected chi connectivity index (χ1v) is 9.93. The van der Waals surface area contributed by atoms with Crippen molar-refractivity contribution in [2.24, 2.45) is 0 Å². The van der Waals surface area contributed by atoms with Crippen LogP contribution in [0.4, 0.5) is 0 Å². The van der Waals surface area contributed by atoms with Gasteiger partial charge in [-0.3, -0.25) is 4.79 Å². The summed E-state index contributed by atoms with van der Waals surface area (Å²) >= 11 is 0. The topological polar surface area (TPSA) is 41.6 Å². The zero-order valence-corrected chi connectivity index (χ0v) is 15.1. The first-order chi connectivity index (χ1) is 12.3. The van der Waals surface area contributed by atoms with Crippen LogP contribution < -0.4 is 5.32 Å². The molecule has 4 heteroatoms. The molecule has 0 aromatic heterocycles. The number of carbonyl (C=O) groups excluding carboxylic acids is 1. The summed E-state index contributed by atoms with van der Waals surface area (Å²) in [6, 6.07) is 11.7. The molecule has 0 atom stereocenters. The van der Waals surface area contributed by atoms with Gasteiger partial charge in [-0.2, -0.15) is 0 Å². The van der Waals surface area contributed by atoms with E-state index in [2.05, 4.69) is 34.5 Å². The number of rotatable bonds is 4. The van der Waals surface area contributed by atoms with Crippen molar-refractivity contribution < 1.29 is 9.53 Å². The number of amides is 1. The van der Waals surface area contributed by atoms with Gasteiger partial charge in [0, 0.05) is 43.8 Å². The predicted octanol–water partition coefficient (Wildman–Crippen LogP) is 3.26. The molecule has 0 unspecified atom stereocenters. The standard InChI is InChI=1S/C21H30N2O2/c24-20-8-13-21(23(20)16-17-4-2-1-3-5-17)11-6-18(7-12-21)22-19-9-14-25-15-10-19/h1-5,18-19,22H,6-16H2. The van der Waals surface area contributed by atoms with E-state index < -0.39 is 0 Å². The van der Waals surface area contributed by atoms with Crippen LogP contribution in [0.25, 0.3) is 0 Å². The van der Waals surface area contributed by atoms with Crippen LogP contribution in [0.1, 0.15) is 56.9 Å². The van der Waals surface area contributed by atoms with Crippen molar-refractivity contribution >= 4 is 5.91 Å². The van der Waals surface area contributed by atoms with E-state index >= 15 is 0 Å². The van der Waals surface area contributed by atoms with Gasteiger partial charge in [0.15, 0.2) is 0 Å². The molecule has 1 aromatic rings. The monoisotopic (exact) mass is 342 g/mol. The summed E-state index contributed by atoms with van der Waals surface area (Å²) in [4.78, 5) is 14.7. The zero-order valence-electron chi connectivity index (χ0n) is 15.1. The van der Waals surface area contributed by atoms with Crippen molar-refractivity contribution in [3.05, 3.63) is 35.9 Å². The molecule has 1 saturated carbocycles. The highest BCUT2D eigenvalue weighted by Gasteiger charge is 2.47. The molecule has 0 bridgehead atoms. The fourth-order valence-electron chi connectivity index (χ4n) is 4.94. The third-order valence-electron chi connectivity index (χ3n) is 6.47. The van der Waals surface area contributed by atoms with Gasteiger partial charge in [-0.05, 0) is 50.5 Å². The Balaban J connectivity index is 1.37. The minimum absolute atomic E-state index is 0.112. The summed E-state index contributed by atoms with van der Waals surface area (Å²) in [5.74, 6) is 0.347. The quantitative estimate of drug-likeness (QED) is 0.913. The molecular formula is C21H30N2O2. The Morgan fingerprint density at radius 1 is 1.00 bits per heavy atom. The van der Waals surface area contributed by atoms with Gasteiger partial charge < -0.3 is 15.0 Å². The van der Waals surface area contributed by atoms with Gasteiger partial charge in [-0.1, -0.05) is 30.3 Å². The molecule has 1 aliphatic carbocycles. The van der Waals surface area contributed by atoms with E-state index in [1.165, 1.54) is 18.4 Å². The largest absolute Gasteiger partial charge is 0.381 e. The average molecular weight is 342 g/mol. The first-order valence-electron chi connectivity index (χ1n) is 9.93. The van der Waals surface area contributed by atoms with Crippen molar-refractivity contribution in [2.75, 3.05) is 13.2 Å². The Hall–Kier alpha value is -1.39. The lowest BCUT2D eigenvalue weighted by Crippen LogP contribution is -2.52. The van der Waals surface area contributed by atoms with Crippen molar-refractivity contribution in [1.29, 1.82) is 0 Å². The van der Waals surface area contributed by atoms with Crippen LogP contribution >= 0.6 is 0 Å². The van der Waals surface area contributed by atoms with E-state index in [1.54, 1.807) is 0 Å². The van der Waals surface area contributed by atoms with Gasteiger partial charge in [-0.25, -0.2) is 0 Å². The second-order valence-corrected chi connectivity index (χ2v) is 8.02. The number of hydrogen-bond acceptors (Lipinski definition) is 3. The van der Waals surface area contributed by atoms with Crippen LogP contribution in [-0.4, -0.2) is 41.6 Å². The van der Waals surface area contributed by atoms with E-state index in [0.717, 1.165) is 58.3 Å². The van der Waals surface area contributed by atoms with E-state index in [9.17, 15) is 4.79 Å². The molecule has 25 heavy (non-hydrogen) atoms. The first kappa shape index (κ1) is 17.0. The number of carbonyl (C=O) groups is 1. The SMILES string of the molecule is O=C1CCC2(CCC(NC3CCOCC3)CC2)N1Cc1ccccc1. The molecule has 2 aliphatic heterocycles. The van der Waals surface area contributed by atoms with Crippen LogP contribution in [0.3, 0.4) is 0 Å². The van der Waals surface area contributed by atoms with Crippen molar-refractivity contribution in [2.45, 2.75) is 75.5 Å². The normalized spacial score (nSPS) is 31.0. The fraction of sp³-hybridized carbons (Fsp3) is 0.667. The van der Waals surface area contributed by atoms with Gasteiger partial charge in [-0.15, -0.1) is 0 Å².